The topological polar surface area (TPSA) is 80.7 Å². The van der Waals surface area contributed by atoms with Crippen molar-refractivity contribution in [1.29, 1.82) is 0 Å². The highest BCUT2D eigenvalue weighted by Gasteiger charge is 2.51. The van der Waals surface area contributed by atoms with Crippen molar-refractivity contribution >= 4 is 18.0 Å². The number of ketones is 1. The number of benzene rings is 1. The fourth-order valence-corrected chi connectivity index (χ4v) is 4.57. The number of Topliss-reactive ketones (excluding diaryl/α,β-unsaturated/α-hetero) is 1. The fourth-order valence-electron chi connectivity index (χ4n) is 4.57. The lowest BCUT2D eigenvalue weighted by atomic mass is 9.56. The Morgan fingerprint density at radius 1 is 1.38 bits per heavy atom. The number of cyclic esters (lactones) is 1. The molecule has 1 heterocycles. The molecule has 0 spiro atoms. The first kappa shape index (κ1) is 15.1. The standard InChI is InChI=1S/C19H18O5/c1-19-6-4-11-12(9-24-18(11)23)14(19)8-15(21)16-13(19)3-2-10(5-7-20)17(16)22/h2-3,7,14,22H,4-6,8-9H2,1H3. The number of hydrogen-bond donors (Lipinski definition) is 1. The van der Waals surface area contributed by atoms with Crippen LogP contribution in [0.4, 0.5) is 0 Å². The van der Waals surface area contributed by atoms with Crippen molar-refractivity contribution in [3.05, 3.63) is 40.0 Å². The number of carbonyl (C=O) groups is 3. The zero-order valence-corrected chi connectivity index (χ0v) is 13.4. The van der Waals surface area contributed by atoms with Gasteiger partial charge in [0, 0.05) is 35.3 Å². The van der Waals surface area contributed by atoms with E-state index in [-0.39, 0.29) is 48.3 Å². The Balaban J connectivity index is 1.88. The average molecular weight is 326 g/mol. The van der Waals surface area contributed by atoms with Crippen molar-refractivity contribution in [1.82, 2.24) is 0 Å². The van der Waals surface area contributed by atoms with Crippen LogP contribution in [-0.2, 0) is 26.2 Å². The molecular formula is C19H18O5. The lowest BCUT2D eigenvalue weighted by molar-refractivity contribution is -0.136. The van der Waals surface area contributed by atoms with Crippen LogP contribution in [-0.4, -0.2) is 29.8 Å². The van der Waals surface area contributed by atoms with E-state index in [1.807, 2.05) is 6.07 Å². The molecule has 2 unspecified atom stereocenters. The second-order valence-corrected chi connectivity index (χ2v) is 7.04. The third-order valence-corrected chi connectivity index (χ3v) is 5.93. The van der Waals surface area contributed by atoms with E-state index in [0.717, 1.165) is 29.4 Å². The molecule has 0 aromatic heterocycles. The van der Waals surface area contributed by atoms with Crippen LogP contribution in [0, 0.1) is 5.92 Å². The van der Waals surface area contributed by atoms with Crippen LogP contribution in [0.5, 0.6) is 5.75 Å². The Morgan fingerprint density at radius 2 is 2.17 bits per heavy atom. The minimum Gasteiger partial charge on any atom is -0.507 e. The van der Waals surface area contributed by atoms with Crippen LogP contribution < -0.4 is 0 Å². The number of rotatable bonds is 2. The van der Waals surface area contributed by atoms with Crippen LogP contribution in [0.1, 0.15) is 47.7 Å². The molecule has 124 valence electrons. The maximum Gasteiger partial charge on any atom is 0.334 e. The number of phenols is 1. The van der Waals surface area contributed by atoms with Gasteiger partial charge in [0.1, 0.15) is 18.6 Å². The number of aldehydes is 1. The Morgan fingerprint density at radius 3 is 2.92 bits per heavy atom. The molecule has 1 aromatic rings. The van der Waals surface area contributed by atoms with Crippen molar-refractivity contribution in [2.75, 3.05) is 6.61 Å². The Hall–Kier alpha value is -2.43. The van der Waals surface area contributed by atoms with Gasteiger partial charge in [-0.05, 0) is 24.0 Å². The van der Waals surface area contributed by atoms with Crippen molar-refractivity contribution in [2.24, 2.45) is 5.92 Å². The number of ether oxygens (including phenoxy) is 1. The number of aromatic hydroxyl groups is 1. The number of carbonyl (C=O) groups excluding carboxylic acids is 3. The second-order valence-electron chi connectivity index (χ2n) is 7.04. The average Bonchev–Trinajstić information content (AvgIpc) is 2.92. The maximum absolute atomic E-state index is 12.7. The van der Waals surface area contributed by atoms with Gasteiger partial charge in [-0.25, -0.2) is 4.79 Å². The summed E-state index contributed by atoms with van der Waals surface area (Å²) in [6, 6.07) is 3.59. The van der Waals surface area contributed by atoms with E-state index >= 15 is 0 Å². The summed E-state index contributed by atoms with van der Waals surface area (Å²) in [5.41, 5.74) is 3.02. The predicted molar refractivity (Wildman–Crippen MR) is 84.9 cm³/mol. The summed E-state index contributed by atoms with van der Waals surface area (Å²) in [5, 5.41) is 10.5. The third kappa shape index (κ3) is 1.84. The molecule has 1 aliphatic heterocycles. The molecule has 2 atom stereocenters. The van der Waals surface area contributed by atoms with E-state index in [0.29, 0.717) is 17.5 Å². The van der Waals surface area contributed by atoms with Gasteiger partial charge in [-0.2, -0.15) is 0 Å². The molecule has 3 aliphatic rings. The van der Waals surface area contributed by atoms with E-state index in [2.05, 4.69) is 6.92 Å². The quantitative estimate of drug-likeness (QED) is 0.666. The van der Waals surface area contributed by atoms with E-state index in [4.69, 9.17) is 4.74 Å². The summed E-state index contributed by atoms with van der Waals surface area (Å²) in [6.07, 6.45) is 2.43. The molecular weight excluding hydrogens is 308 g/mol. The van der Waals surface area contributed by atoms with E-state index < -0.39 is 0 Å². The molecule has 5 nitrogen and oxygen atoms in total. The van der Waals surface area contributed by atoms with Crippen LogP contribution in [0.25, 0.3) is 0 Å². The maximum atomic E-state index is 12.7. The third-order valence-electron chi connectivity index (χ3n) is 5.93. The van der Waals surface area contributed by atoms with E-state index in [1.165, 1.54) is 0 Å². The summed E-state index contributed by atoms with van der Waals surface area (Å²) in [6.45, 7) is 2.36. The normalized spacial score (nSPS) is 28.1. The Kier molecular flexibility index (Phi) is 3.17. The highest BCUT2D eigenvalue weighted by atomic mass is 16.5. The fraction of sp³-hybridized carbons (Fsp3) is 0.421. The Bertz CT molecular complexity index is 819. The molecule has 24 heavy (non-hydrogen) atoms. The summed E-state index contributed by atoms with van der Waals surface area (Å²) in [5.74, 6) is -0.521. The van der Waals surface area contributed by atoms with Gasteiger partial charge in [0.25, 0.3) is 0 Å². The molecule has 0 fully saturated rings. The number of fused-ring (bicyclic) bond motifs is 4. The summed E-state index contributed by atoms with van der Waals surface area (Å²) >= 11 is 0. The van der Waals surface area contributed by atoms with Gasteiger partial charge in [-0.1, -0.05) is 19.1 Å². The van der Waals surface area contributed by atoms with Crippen LogP contribution >= 0.6 is 0 Å². The SMILES string of the molecule is CC12CCC3=C(COC3=O)C1CC(=O)c1c2ccc(CC=O)c1O. The molecule has 0 amide bonds. The first-order chi connectivity index (χ1) is 11.5. The summed E-state index contributed by atoms with van der Waals surface area (Å²) < 4.78 is 5.18. The van der Waals surface area contributed by atoms with Gasteiger partial charge in [0.2, 0.25) is 0 Å². The predicted octanol–water partition coefficient (Wildman–Crippen LogP) is 2.24. The van der Waals surface area contributed by atoms with Gasteiger partial charge in [-0.3, -0.25) is 4.79 Å². The second kappa shape index (κ2) is 5.03. The molecule has 1 N–H and O–H groups in total. The summed E-state index contributed by atoms with van der Waals surface area (Å²) in [4.78, 5) is 35.4. The van der Waals surface area contributed by atoms with Crippen LogP contribution in [0.2, 0.25) is 0 Å². The van der Waals surface area contributed by atoms with Crippen molar-refractivity contribution in [3.8, 4) is 5.75 Å². The molecule has 0 saturated heterocycles. The molecule has 0 bridgehead atoms. The molecule has 2 aliphatic carbocycles. The number of esters is 1. The largest absolute Gasteiger partial charge is 0.507 e. The smallest absolute Gasteiger partial charge is 0.334 e. The monoisotopic (exact) mass is 326 g/mol. The lowest BCUT2D eigenvalue weighted by Crippen LogP contribution is -2.43. The lowest BCUT2D eigenvalue weighted by Gasteiger charge is -2.46. The number of hydrogen-bond acceptors (Lipinski definition) is 5. The first-order valence-corrected chi connectivity index (χ1v) is 8.18. The zero-order valence-electron chi connectivity index (χ0n) is 13.4. The highest BCUT2D eigenvalue weighted by molar-refractivity contribution is 6.03. The zero-order chi connectivity index (χ0) is 17.1. The minimum absolute atomic E-state index is 0.0657. The van der Waals surface area contributed by atoms with Gasteiger partial charge in [0.05, 0.1) is 5.56 Å². The van der Waals surface area contributed by atoms with Crippen LogP contribution in [0.15, 0.2) is 23.3 Å². The molecule has 4 rings (SSSR count). The minimum atomic E-state index is -0.312. The Labute approximate surface area is 139 Å². The van der Waals surface area contributed by atoms with Gasteiger partial charge in [0.15, 0.2) is 5.78 Å². The van der Waals surface area contributed by atoms with Gasteiger partial charge >= 0.3 is 5.97 Å². The van der Waals surface area contributed by atoms with E-state index in [9.17, 15) is 19.5 Å². The van der Waals surface area contributed by atoms with Crippen LogP contribution in [0.3, 0.4) is 0 Å². The van der Waals surface area contributed by atoms with Gasteiger partial charge < -0.3 is 14.6 Å². The first-order valence-electron chi connectivity index (χ1n) is 8.18. The summed E-state index contributed by atoms with van der Waals surface area (Å²) in [7, 11) is 0. The molecule has 5 heteroatoms. The molecule has 0 radical (unpaired) electrons. The van der Waals surface area contributed by atoms with Crippen molar-refractivity contribution in [2.45, 2.75) is 38.0 Å². The molecule has 1 aromatic carbocycles. The molecule has 0 saturated carbocycles. The highest BCUT2D eigenvalue weighted by Crippen LogP contribution is 2.54. The van der Waals surface area contributed by atoms with Gasteiger partial charge in [-0.15, -0.1) is 0 Å². The van der Waals surface area contributed by atoms with Crippen molar-refractivity contribution in [3.63, 3.8) is 0 Å². The van der Waals surface area contributed by atoms with Crippen molar-refractivity contribution < 1.29 is 24.2 Å². The number of phenolic OH excluding ortho intramolecular Hbond substituents is 1. The van der Waals surface area contributed by atoms with E-state index in [1.54, 1.807) is 6.07 Å².